The maximum absolute atomic E-state index is 12.3. The predicted octanol–water partition coefficient (Wildman–Crippen LogP) is 3.65. The summed E-state index contributed by atoms with van der Waals surface area (Å²) < 4.78 is 0.861. The fourth-order valence-electron chi connectivity index (χ4n) is 1.86. The van der Waals surface area contributed by atoms with Crippen molar-refractivity contribution in [2.24, 2.45) is 0 Å². The number of amides is 1. The van der Waals surface area contributed by atoms with Gasteiger partial charge in [-0.2, -0.15) is 0 Å². The van der Waals surface area contributed by atoms with Gasteiger partial charge in [0.1, 0.15) is 0 Å². The number of anilines is 1. The minimum atomic E-state index is -0.290. The maximum Gasteiger partial charge on any atom is 0.239 e. The third-order valence-electron chi connectivity index (χ3n) is 2.93. The third kappa shape index (κ3) is 4.04. The van der Waals surface area contributed by atoms with Gasteiger partial charge >= 0.3 is 0 Å². The summed E-state index contributed by atoms with van der Waals surface area (Å²) in [5.41, 5.74) is 1.86. The number of aromatic nitrogens is 4. The topological polar surface area (TPSA) is 83.6 Å². The third-order valence-corrected chi connectivity index (χ3v) is 5.77. The van der Waals surface area contributed by atoms with Crippen LogP contribution in [-0.4, -0.2) is 37.1 Å². The second-order valence-corrected chi connectivity index (χ2v) is 8.43. The van der Waals surface area contributed by atoms with Crippen molar-refractivity contribution in [3.05, 3.63) is 24.3 Å². The molecule has 0 aliphatic carbocycles. The van der Waals surface area contributed by atoms with Gasteiger partial charge < -0.3 is 4.98 Å². The maximum atomic E-state index is 12.3. The van der Waals surface area contributed by atoms with E-state index in [1.165, 1.54) is 23.1 Å². The smallest absolute Gasteiger partial charge is 0.239 e. The number of H-pyrrole nitrogens is 1. The summed E-state index contributed by atoms with van der Waals surface area (Å²) in [5.74, 6) is 0.820. The molecule has 0 aliphatic rings. The SMILES string of the molecule is CCSc1nnc(NC(=O)[C@@H](C)Sc2nc3ccccc3[nH]2)s1. The molecule has 2 heterocycles. The lowest BCUT2D eigenvalue weighted by molar-refractivity contribution is -0.115. The zero-order chi connectivity index (χ0) is 16.2. The van der Waals surface area contributed by atoms with E-state index in [9.17, 15) is 4.79 Å². The van der Waals surface area contributed by atoms with E-state index in [4.69, 9.17) is 0 Å². The molecule has 9 heteroatoms. The first-order valence-electron chi connectivity index (χ1n) is 7.04. The van der Waals surface area contributed by atoms with Crippen molar-refractivity contribution in [1.29, 1.82) is 0 Å². The molecule has 1 aromatic carbocycles. The molecule has 3 rings (SSSR count). The standard InChI is InChI=1S/C14H15N5OS3/c1-3-21-14-19-18-13(23-14)17-11(20)8(2)22-12-15-9-6-4-5-7-10(9)16-12/h4-8H,3H2,1-2H3,(H,15,16)(H,17,18,20)/t8-/m1/s1. The molecule has 0 spiro atoms. The van der Waals surface area contributed by atoms with E-state index in [1.54, 1.807) is 11.8 Å². The van der Waals surface area contributed by atoms with Crippen molar-refractivity contribution in [2.75, 3.05) is 11.1 Å². The van der Waals surface area contributed by atoms with Crippen molar-refractivity contribution in [3.8, 4) is 0 Å². The summed E-state index contributed by atoms with van der Waals surface area (Å²) in [4.78, 5) is 19.9. The number of aromatic amines is 1. The number of imidazole rings is 1. The molecule has 1 atom stereocenters. The van der Waals surface area contributed by atoms with Crippen LogP contribution in [0.25, 0.3) is 11.0 Å². The zero-order valence-electron chi connectivity index (χ0n) is 12.6. The van der Waals surface area contributed by atoms with Crippen molar-refractivity contribution in [3.63, 3.8) is 0 Å². The number of nitrogens with zero attached hydrogens (tertiary/aromatic N) is 3. The monoisotopic (exact) mass is 365 g/mol. The number of carbonyl (C=O) groups is 1. The number of carbonyl (C=O) groups excluding carboxylic acids is 1. The van der Waals surface area contributed by atoms with E-state index in [-0.39, 0.29) is 11.2 Å². The van der Waals surface area contributed by atoms with E-state index in [1.807, 2.05) is 31.2 Å². The molecule has 2 N–H and O–H groups in total. The van der Waals surface area contributed by atoms with E-state index in [0.29, 0.717) is 5.13 Å². The van der Waals surface area contributed by atoms with E-state index in [2.05, 4.69) is 32.4 Å². The van der Waals surface area contributed by atoms with Gasteiger partial charge in [0.2, 0.25) is 11.0 Å². The molecule has 0 saturated heterocycles. The molecule has 0 aliphatic heterocycles. The van der Waals surface area contributed by atoms with Gasteiger partial charge in [0.25, 0.3) is 0 Å². The summed E-state index contributed by atoms with van der Waals surface area (Å²) in [6.07, 6.45) is 0. The highest BCUT2D eigenvalue weighted by Crippen LogP contribution is 2.27. The average molecular weight is 366 g/mol. The van der Waals surface area contributed by atoms with Gasteiger partial charge in [-0.25, -0.2) is 4.98 Å². The summed E-state index contributed by atoms with van der Waals surface area (Å²) in [7, 11) is 0. The molecular weight excluding hydrogens is 350 g/mol. The van der Waals surface area contributed by atoms with Gasteiger partial charge in [-0.3, -0.25) is 10.1 Å². The van der Waals surface area contributed by atoms with Crippen LogP contribution in [0, 0.1) is 0 Å². The first-order valence-corrected chi connectivity index (χ1v) is 9.72. The lowest BCUT2D eigenvalue weighted by Gasteiger charge is -2.07. The van der Waals surface area contributed by atoms with E-state index in [0.717, 1.165) is 26.3 Å². The summed E-state index contributed by atoms with van der Waals surface area (Å²) in [5, 5.41) is 11.8. The van der Waals surface area contributed by atoms with Crippen LogP contribution in [0.4, 0.5) is 5.13 Å². The Labute approximate surface area is 145 Å². The lowest BCUT2D eigenvalue weighted by atomic mass is 10.3. The average Bonchev–Trinajstić information content (AvgIpc) is 3.13. The van der Waals surface area contributed by atoms with Gasteiger partial charge in [-0.1, -0.05) is 53.9 Å². The van der Waals surface area contributed by atoms with E-state index < -0.39 is 0 Å². The Hall–Kier alpha value is -1.58. The summed E-state index contributed by atoms with van der Waals surface area (Å²) in [6, 6.07) is 7.79. The first-order chi connectivity index (χ1) is 11.2. The molecule has 0 fully saturated rings. The minimum Gasteiger partial charge on any atom is -0.333 e. The molecule has 3 aromatic rings. The quantitative estimate of drug-likeness (QED) is 0.512. The highest BCUT2D eigenvalue weighted by Gasteiger charge is 2.18. The number of para-hydroxylation sites is 2. The van der Waals surface area contributed by atoms with Crippen molar-refractivity contribution in [2.45, 2.75) is 28.6 Å². The second kappa shape index (κ2) is 7.33. The molecule has 23 heavy (non-hydrogen) atoms. The molecule has 0 saturated carbocycles. The predicted molar refractivity (Wildman–Crippen MR) is 96.3 cm³/mol. The van der Waals surface area contributed by atoms with Crippen LogP contribution in [0.2, 0.25) is 0 Å². The Morgan fingerprint density at radius 3 is 3.00 bits per heavy atom. The number of rotatable bonds is 6. The fourth-order valence-corrected chi connectivity index (χ4v) is 4.33. The molecule has 0 radical (unpaired) electrons. The minimum absolute atomic E-state index is 0.111. The molecule has 0 bridgehead atoms. The van der Waals surface area contributed by atoms with E-state index >= 15 is 0 Å². The lowest BCUT2D eigenvalue weighted by Crippen LogP contribution is -2.22. The number of fused-ring (bicyclic) bond motifs is 1. The number of nitrogens with one attached hydrogen (secondary N) is 2. The highest BCUT2D eigenvalue weighted by molar-refractivity contribution is 8.01. The van der Waals surface area contributed by atoms with Gasteiger partial charge in [-0.05, 0) is 24.8 Å². The number of thioether (sulfide) groups is 2. The van der Waals surface area contributed by atoms with Crippen molar-refractivity contribution >= 4 is 56.9 Å². The van der Waals surface area contributed by atoms with Gasteiger partial charge in [0.05, 0.1) is 16.3 Å². The molecule has 1 amide bonds. The number of hydrogen-bond donors (Lipinski definition) is 2. The van der Waals surface area contributed by atoms with Gasteiger partial charge in [0, 0.05) is 0 Å². The largest absolute Gasteiger partial charge is 0.333 e. The van der Waals surface area contributed by atoms with Crippen molar-refractivity contribution in [1.82, 2.24) is 20.2 Å². The van der Waals surface area contributed by atoms with Crippen LogP contribution >= 0.6 is 34.9 Å². The molecule has 120 valence electrons. The molecule has 0 unspecified atom stereocenters. The number of hydrogen-bond acceptors (Lipinski definition) is 7. The Morgan fingerprint density at radius 2 is 2.22 bits per heavy atom. The first kappa shape index (κ1) is 16.3. The van der Waals surface area contributed by atoms with Crippen LogP contribution in [-0.2, 0) is 4.79 Å². The number of benzene rings is 1. The fraction of sp³-hybridized carbons (Fsp3) is 0.286. The van der Waals surface area contributed by atoms with Crippen LogP contribution in [0.5, 0.6) is 0 Å². The summed E-state index contributed by atoms with van der Waals surface area (Å²) >= 11 is 4.39. The van der Waals surface area contributed by atoms with Gasteiger partial charge in [-0.15, -0.1) is 10.2 Å². The summed E-state index contributed by atoms with van der Waals surface area (Å²) in [6.45, 7) is 3.90. The second-order valence-electron chi connectivity index (χ2n) is 4.61. The highest BCUT2D eigenvalue weighted by atomic mass is 32.2. The Kier molecular flexibility index (Phi) is 5.19. The normalized spacial score (nSPS) is 12.4. The van der Waals surface area contributed by atoms with Crippen LogP contribution < -0.4 is 5.32 Å². The van der Waals surface area contributed by atoms with Crippen LogP contribution in [0.1, 0.15) is 13.8 Å². The molecule has 2 aromatic heterocycles. The van der Waals surface area contributed by atoms with Crippen LogP contribution in [0.3, 0.4) is 0 Å². The Morgan fingerprint density at radius 1 is 1.39 bits per heavy atom. The zero-order valence-corrected chi connectivity index (χ0v) is 15.0. The Balaban J connectivity index is 1.62. The van der Waals surface area contributed by atoms with Gasteiger partial charge in [0.15, 0.2) is 9.50 Å². The Bertz CT molecular complexity index is 782. The molecular formula is C14H15N5OS3. The molecule has 6 nitrogen and oxygen atoms in total. The van der Waals surface area contributed by atoms with Crippen molar-refractivity contribution < 1.29 is 4.79 Å². The van der Waals surface area contributed by atoms with Crippen LogP contribution in [0.15, 0.2) is 33.8 Å².